The van der Waals surface area contributed by atoms with Gasteiger partial charge in [0.15, 0.2) is 0 Å². The minimum atomic E-state index is -0.277. The zero-order chi connectivity index (χ0) is 16.3. The molecule has 1 atom stereocenters. The molecule has 1 aliphatic heterocycles. The summed E-state index contributed by atoms with van der Waals surface area (Å²) >= 11 is 0. The van der Waals surface area contributed by atoms with E-state index in [0.29, 0.717) is 13.2 Å². The van der Waals surface area contributed by atoms with Gasteiger partial charge in [0, 0.05) is 13.7 Å². The number of carbonyl (C=O) groups excluding carboxylic acids is 2. The molecule has 0 N–H and O–H groups in total. The molecule has 1 unspecified atom stereocenters. The van der Waals surface area contributed by atoms with Crippen molar-refractivity contribution < 1.29 is 14.3 Å². The van der Waals surface area contributed by atoms with Gasteiger partial charge in [0.05, 0.1) is 12.6 Å². The van der Waals surface area contributed by atoms with Crippen LogP contribution in [0.3, 0.4) is 0 Å². The van der Waals surface area contributed by atoms with E-state index in [9.17, 15) is 9.59 Å². The van der Waals surface area contributed by atoms with Gasteiger partial charge in [0.25, 0.3) is 5.91 Å². The Morgan fingerprint density at radius 1 is 1.18 bits per heavy atom. The maximum absolute atomic E-state index is 12.7. The lowest BCUT2D eigenvalue weighted by Gasteiger charge is -2.37. The highest BCUT2D eigenvalue weighted by molar-refractivity contribution is 6.02. The molecule has 1 aromatic carbocycles. The number of carbonyl (C=O) groups is 2. The summed E-state index contributed by atoms with van der Waals surface area (Å²) in [5.74, 6) is -0.148. The monoisotopic (exact) mass is 304 g/mol. The summed E-state index contributed by atoms with van der Waals surface area (Å²) in [5.41, 5.74) is 0.731. The highest BCUT2D eigenvalue weighted by Crippen LogP contribution is 2.40. The van der Waals surface area contributed by atoms with Crippen molar-refractivity contribution in [2.75, 3.05) is 26.8 Å². The molecule has 0 aliphatic carbocycles. The Balaban J connectivity index is 2.32. The second-order valence-electron chi connectivity index (χ2n) is 6.64. The van der Waals surface area contributed by atoms with Gasteiger partial charge in [0.1, 0.15) is 6.54 Å². The van der Waals surface area contributed by atoms with Crippen molar-refractivity contribution >= 4 is 11.9 Å². The van der Waals surface area contributed by atoms with E-state index in [1.54, 1.807) is 12.0 Å². The molecule has 3 amide bonds. The van der Waals surface area contributed by atoms with Crippen LogP contribution >= 0.6 is 0 Å². The van der Waals surface area contributed by atoms with Crippen molar-refractivity contribution in [3.05, 3.63) is 35.9 Å². The first-order valence-electron chi connectivity index (χ1n) is 7.51. The lowest BCUT2D eigenvalue weighted by molar-refractivity contribution is -0.128. The van der Waals surface area contributed by atoms with Crippen LogP contribution in [-0.4, -0.2) is 48.5 Å². The third-order valence-electron chi connectivity index (χ3n) is 3.83. The zero-order valence-corrected chi connectivity index (χ0v) is 13.7. The second-order valence-corrected chi connectivity index (χ2v) is 6.64. The summed E-state index contributed by atoms with van der Waals surface area (Å²) < 4.78 is 5.01. The summed E-state index contributed by atoms with van der Waals surface area (Å²) in [6.07, 6.45) is 0. The van der Waals surface area contributed by atoms with Crippen molar-refractivity contribution in [1.82, 2.24) is 9.80 Å². The second kappa shape index (κ2) is 6.48. The molecule has 0 radical (unpaired) electrons. The number of nitrogens with zero attached hydrogens (tertiary/aromatic N) is 2. The quantitative estimate of drug-likeness (QED) is 0.786. The summed E-state index contributed by atoms with van der Waals surface area (Å²) in [7, 11) is 1.59. The number of rotatable bonds is 5. The molecule has 2 rings (SSSR count). The minimum absolute atomic E-state index is 0.127. The largest absolute Gasteiger partial charge is 0.383 e. The van der Waals surface area contributed by atoms with Crippen LogP contribution in [0.4, 0.5) is 4.79 Å². The molecule has 22 heavy (non-hydrogen) atoms. The van der Waals surface area contributed by atoms with E-state index in [2.05, 4.69) is 0 Å². The lowest BCUT2D eigenvalue weighted by Crippen LogP contribution is -2.42. The van der Waals surface area contributed by atoms with Crippen LogP contribution in [0, 0.1) is 5.41 Å². The van der Waals surface area contributed by atoms with Crippen LogP contribution in [0.1, 0.15) is 32.4 Å². The number of imide groups is 1. The van der Waals surface area contributed by atoms with Crippen molar-refractivity contribution in [3.8, 4) is 0 Å². The first kappa shape index (κ1) is 16.5. The molecule has 5 nitrogen and oxygen atoms in total. The molecule has 1 saturated heterocycles. The van der Waals surface area contributed by atoms with Crippen LogP contribution < -0.4 is 0 Å². The van der Waals surface area contributed by atoms with E-state index in [1.165, 1.54) is 4.90 Å². The normalized spacial score (nSPS) is 17.3. The maximum Gasteiger partial charge on any atom is 0.327 e. The highest BCUT2D eigenvalue weighted by Gasteiger charge is 2.45. The van der Waals surface area contributed by atoms with Crippen LogP contribution in [0.2, 0.25) is 0 Å². The minimum Gasteiger partial charge on any atom is -0.383 e. The van der Waals surface area contributed by atoms with E-state index in [1.807, 2.05) is 51.1 Å². The Morgan fingerprint density at radius 2 is 1.82 bits per heavy atom. The van der Waals surface area contributed by atoms with Gasteiger partial charge in [-0.25, -0.2) is 4.79 Å². The molecule has 1 fully saturated rings. The number of ether oxygens (including phenoxy) is 1. The van der Waals surface area contributed by atoms with Crippen molar-refractivity contribution in [3.63, 3.8) is 0 Å². The van der Waals surface area contributed by atoms with Gasteiger partial charge in [-0.2, -0.15) is 0 Å². The third kappa shape index (κ3) is 3.30. The fraction of sp³-hybridized carbons (Fsp3) is 0.529. The summed E-state index contributed by atoms with van der Waals surface area (Å²) in [6, 6.07) is 9.22. The average molecular weight is 304 g/mol. The topological polar surface area (TPSA) is 49.9 Å². The predicted molar refractivity (Wildman–Crippen MR) is 84.3 cm³/mol. The standard InChI is InChI=1S/C17H24N2O3/c1-17(2,3)15(13-8-6-5-7-9-13)19-14(20)12-18(16(19)21)10-11-22-4/h5-9,15H,10-12H2,1-4H3. The van der Waals surface area contributed by atoms with Crippen molar-refractivity contribution in [2.45, 2.75) is 26.8 Å². The van der Waals surface area contributed by atoms with Gasteiger partial charge in [0.2, 0.25) is 0 Å². The number of benzene rings is 1. The van der Waals surface area contributed by atoms with Gasteiger partial charge in [-0.05, 0) is 11.0 Å². The van der Waals surface area contributed by atoms with E-state index < -0.39 is 0 Å². The lowest BCUT2D eigenvalue weighted by atomic mass is 9.81. The van der Waals surface area contributed by atoms with Gasteiger partial charge < -0.3 is 9.64 Å². The SMILES string of the molecule is COCCN1CC(=O)N(C(c2ccccc2)C(C)(C)C)C1=O. The van der Waals surface area contributed by atoms with Crippen molar-refractivity contribution in [1.29, 1.82) is 0 Å². The summed E-state index contributed by atoms with van der Waals surface area (Å²) in [5, 5.41) is 0. The third-order valence-corrected chi connectivity index (χ3v) is 3.83. The molecular formula is C17H24N2O3. The van der Waals surface area contributed by atoms with Crippen LogP contribution in [0.15, 0.2) is 30.3 Å². The number of hydrogen-bond donors (Lipinski definition) is 0. The number of amides is 3. The van der Waals surface area contributed by atoms with Gasteiger partial charge in [-0.1, -0.05) is 51.1 Å². The molecule has 1 aromatic rings. The molecule has 0 aromatic heterocycles. The molecule has 120 valence electrons. The fourth-order valence-corrected chi connectivity index (χ4v) is 2.87. The van der Waals surface area contributed by atoms with E-state index in [4.69, 9.17) is 4.74 Å². The Hall–Kier alpha value is -1.88. The van der Waals surface area contributed by atoms with E-state index in [0.717, 1.165) is 5.56 Å². The van der Waals surface area contributed by atoms with Crippen molar-refractivity contribution in [2.24, 2.45) is 5.41 Å². The molecule has 0 saturated carbocycles. The molecular weight excluding hydrogens is 280 g/mol. The average Bonchev–Trinajstić information content (AvgIpc) is 2.73. The van der Waals surface area contributed by atoms with Crippen LogP contribution in [-0.2, 0) is 9.53 Å². The first-order chi connectivity index (χ1) is 10.4. The van der Waals surface area contributed by atoms with Gasteiger partial charge in [-0.3, -0.25) is 9.69 Å². The van der Waals surface area contributed by atoms with Crippen LogP contribution in [0.5, 0.6) is 0 Å². The van der Waals surface area contributed by atoms with Gasteiger partial charge in [-0.15, -0.1) is 0 Å². The predicted octanol–water partition coefficient (Wildman–Crippen LogP) is 2.68. The Kier molecular flexibility index (Phi) is 4.86. The first-order valence-corrected chi connectivity index (χ1v) is 7.51. The molecule has 0 spiro atoms. The van der Waals surface area contributed by atoms with Crippen LogP contribution in [0.25, 0.3) is 0 Å². The molecule has 5 heteroatoms. The van der Waals surface area contributed by atoms with Gasteiger partial charge >= 0.3 is 6.03 Å². The summed E-state index contributed by atoms with van der Waals surface area (Å²) in [6.45, 7) is 7.12. The maximum atomic E-state index is 12.7. The highest BCUT2D eigenvalue weighted by atomic mass is 16.5. The Bertz CT molecular complexity index is 537. The smallest absolute Gasteiger partial charge is 0.327 e. The zero-order valence-electron chi connectivity index (χ0n) is 13.7. The summed E-state index contributed by atoms with van der Waals surface area (Å²) in [4.78, 5) is 28.1. The van der Waals surface area contributed by atoms with E-state index >= 15 is 0 Å². The molecule has 0 bridgehead atoms. The number of urea groups is 1. The molecule has 1 aliphatic rings. The Morgan fingerprint density at radius 3 is 2.36 bits per heavy atom. The number of methoxy groups -OCH3 is 1. The Labute approximate surface area is 131 Å². The number of hydrogen-bond acceptors (Lipinski definition) is 3. The van der Waals surface area contributed by atoms with E-state index in [-0.39, 0.29) is 29.9 Å². The molecule has 1 heterocycles. The fourth-order valence-electron chi connectivity index (χ4n) is 2.87.